The van der Waals surface area contributed by atoms with Crippen LogP contribution in [-0.2, 0) is 0 Å². The molecule has 0 aliphatic heterocycles. The largest absolute Gasteiger partial charge is 0.377 e. The predicted molar refractivity (Wildman–Crippen MR) is 74.6 cm³/mol. The zero-order chi connectivity index (χ0) is 13.8. The van der Waals surface area contributed by atoms with E-state index in [0.717, 1.165) is 11.3 Å². The molecule has 0 radical (unpaired) electrons. The highest BCUT2D eigenvalue weighted by molar-refractivity contribution is 6.33. The molecule has 0 aliphatic rings. The fraction of sp³-hybridized carbons (Fsp3) is 0.133. The van der Waals surface area contributed by atoms with Crippen LogP contribution in [0.2, 0.25) is 5.02 Å². The maximum atomic E-state index is 12.9. The van der Waals surface area contributed by atoms with Crippen LogP contribution < -0.4 is 5.32 Å². The topological polar surface area (TPSA) is 35.8 Å². The molecule has 2 aromatic rings. The lowest BCUT2D eigenvalue weighted by atomic mass is 10.1. The van der Waals surface area contributed by atoms with E-state index in [1.165, 1.54) is 12.1 Å². The molecule has 0 bridgehead atoms. The first-order valence-corrected chi connectivity index (χ1v) is 6.19. The summed E-state index contributed by atoms with van der Waals surface area (Å²) in [5, 5.41) is 12.5. The summed E-state index contributed by atoms with van der Waals surface area (Å²) in [5.41, 5.74) is 2.23. The Kier molecular flexibility index (Phi) is 4.03. The van der Waals surface area contributed by atoms with Crippen molar-refractivity contribution < 1.29 is 4.39 Å². The van der Waals surface area contributed by atoms with Gasteiger partial charge in [0.15, 0.2) is 0 Å². The molecule has 1 atom stereocenters. The van der Waals surface area contributed by atoms with E-state index in [-0.39, 0.29) is 11.9 Å². The molecule has 0 saturated heterocycles. The molecule has 0 aliphatic carbocycles. The first-order valence-electron chi connectivity index (χ1n) is 5.82. The molecule has 96 valence electrons. The van der Waals surface area contributed by atoms with Crippen LogP contribution in [-0.4, -0.2) is 0 Å². The molecule has 0 heterocycles. The number of rotatable bonds is 3. The lowest BCUT2D eigenvalue weighted by Gasteiger charge is -2.16. The summed E-state index contributed by atoms with van der Waals surface area (Å²) in [6.07, 6.45) is 0. The van der Waals surface area contributed by atoms with Gasteiger partial charge in [-0.25, -0.2) is 4.39 Å². The van der Waals surface area contributed by atoms with Gasteiger partial charge in [0.05, 0.1) is 22.3 Å². The Balaban J connectivity index is 2.17. The van der Waals surface area contributed by atoms with Crippen LogP contribution in [0.15, 0.2) is 42.5 Å². The average Bonchev–Trinajstić information content (AvgIpc) is 2.41. The van der Waals surface area contributed by atoms with E-state index < -0.39 is 0 Å². The minimum absolute atomic E-state index is 0.00830. The fourth-order valence-electron chi connectivity index (χ4n) is 1.77. The number of halogens is 2. The van der Waals surface area contributed by atoms with Gasteiger partial charge in [-0.05, 0) is 42.8 Å². The SMILES string of the molecule is CC(Nc1ccc(C#N)cc1Cl)c1ccc(F)cc1. The van der Waals surface area contributed by atoms with Crippen LogP contribution in [0.3, 0.4) is 0 Å². The molecule has 0 amide bonds. The standard InChI is InChI=1S/C15H12ClFN2/c1-10(12-3-5-13(17)6-4-12)19-15-7-2-11(9-18)8-14(15)16/h2-8,10,19H,1H3. The maximum absolute atomic E-state index is 12.9. The molecule has 0 aromatic heterocycles. The summed E-state index contributed by atoms with van der Waals surface area (Å²) in [6.45, 7) is 1.96. The van der Waals surface area contributed by atoms with Gasteiger partial charge >= 0.3 is 0 Å². The van der Waals surface area contributed by atoms with Crippen LogP contribution in [0.5, 0.6) is 0 Å². The third-order valence-electron chi connectivity index (χ3n) is 2.84. The lowest BCUT2D eigenvalue weighted by molar-refractivity contribution is 0.626. The van der Waals surface area contributed by atoms with Crippen molar-refractivity contribution in [2.75, 3.05) is 5.32 Å². The van der Waals surface area contributed by atoms with Crippen LogP contribution in [0.4, 0.5) is 10.1 Å². The molecule has 0 spiro atoms. The van der Waals surface area contributed by atoms with Gasteiger partial charge in [-0.3, -0.25) is 0 Å². The number of nitriles is 1. The highest BCUT2D eigenvalue weighted by Gasteiger charge is 2.08. The van der Waals surface area contributed by atoms with Crippen LogP contribution >= 0.6 is 11.6 Å². The molecular formula is C15H12ClFN2. The van der Waals surface area contributed by atoms with Gasteiger partial charge in [0, 0.05) is 6.04 Å². The van der Waals surface area contributed by atoms with Gasteiger partial charge in [0.25, 0.3) is 0 Å². The quantitative estimate of drug-likeness (QED) is 0.893. The van der Waals surface area contributed by atoms with Gasteiger partial charge in [-0.2, -0.15) is 5.26 Å². The second-order valence-electron chi connectivity index (χ2n) is 4.22. The fourth-order valence-corrected chi connectivity index (χ4v) is 2.00. The van der Waals surface area contributed by atoms with E-state index in [1.54, 1.807) is 30.3 Å². The van der Waals surface area contributed by atoms with Crippen molar-refractivity contribution in [3.05, 3.63) is 64.4 Å². The van der Waals surface area contributed by atoms with Crippen molar-refractivity contribution in [2.24, 2.45) is 0 Å². The highest BCUT2D eigenvalue weighted by atomic mass is 35.5. The van der Waals surface area contributed by atoms with E-state index in [9.17, 15) is 4.39 Å². The van der Waals surface area contributed by atoms with E-state index in [0.29, 0.717) is 10.6 Å². The molecule has 2 rings (SSSR count). The van der Waals surface area contributed by atoms with E-state index in [2.05, 4.69) is 5.32 Å². The summed E-state index contributed by atoms with van der Waals surface area (Å²) in [4.78, 5) is 0. The molecule has 4 heteroatoms. The number of benzene rings is 2. The zero-order valence-corrected chi connectivity index (χ0v) is 11.1. The minimum Gasteiger partial charge on any atom is -0.377 e. The number of hydrogen-bond acceptors (Lipinski definition) is 2. The number of nitrogens with zero attached hydrogens (tertiary/aromatic N) is 1. The number of hydrogen-bond donors (Lipinski definition) is 1. The van der Waals surface area contributed by atoms with E-state index in [4.69, 9.17) is 16.9 Å². The molecule has 0 fully saturated rings. The van der Waals surface area contributed by atoms with Crippen LogP contribution in [0.25, 0.3) is 0 Å². The summed E-state index contributed by atoms with van der Waals surface area (Å²) in [7, 11) is 0. The van der Waals surface area contributed by atoms with Crippen molar-refractivity contribution in [1.29, 1.82) is 5.26 Å². The van der Waals surface area contributed by atoms with Gasteiger partial charge in [0.2, 0.25) is 0 Å². The molecule has 2 nitrogen and oxygen atoms in total. The average molecular weight is 275 g/mol. The summed E-state index contributed by atoms with van der Waals surface area (Å²) < 4.78 is 12.9. The number of anilines is 1. The Morgan fingerprint density at radius 3 is 2.47 bits per heavy atom. The Morgan fingerprint density at radius 2 is 1.89 bits per heavy atom. The van der Waals surface area contributed by atoms with Gasteiger partial charge in [-0.15, -0.1) is 0 Å². The molecule has 1 N–H and O–H groups in total. The normalized spacial score (nSPS) is 11.7. The molecule has 1 unspecified atom stereocenters. The first-order chi connectivity index (χ1) is 9.10. The van der Waals surface area contributed by atoms with E-state index in [1.807, 2.05) is 13.0 Å². The minimum atomic E-state index is -0.257. The van der Waals surface area contributed by atoms with Gasteiger partial charge < -0.3 is 5.32 Å². The summed E-state index contributed by atoms with van der Waals surface area (Å²) in [5.74, 6) is -0.257. The Morgan fingerprint density at radius 1 is 1.21 bits per heavy atom. The molecular weight excluding hydrogens is 263 g/mol. The van der Waals surface area contributed by atoms with Gasteiger partial charge in [0.1, 0.15) is 5.82 Å². The maximum Gasteiger partial charge on any atom is 0.123 e. The Labute approximate surface area is 116 Å². The second kappa shape index (κ2) is 5.73. The lowest BCUT2D eigenvalue weighted by Crippen LogP contribution is -2.07. The zero-order valence-electron chi connectivity index (χ0n) is 10.3. The summed E-state index contributed by atoms with van der Waals surface area (Å²) in [6, 6.07) is 13.4. The highest BCUT2D eigenvalue weighted by Crippen LogP contribution is 2.27. The van der Waals surface area contributed by atoms with Crippen molar-refractivity contribution in [2.45, 2.75) is 13.0 Å². The van der Waals surface area contributed by atoms with Crippen molar-refractivity contribution >= 4 is 17.3 Å². The van der Waals surface area contributed by atoms with Crippen LogP contribution in [0, 0.1) is 17.1 Å². The third-order valence-corrected chi connectivity index (χ3v) is 3.15. The Bertz CT molecular complexity index is 617. The molecule has 0 saturated carbocycles. The van der Waals surface area contributed by atoms with Crippen LogP contribution in [0.1, 0.15) is 24.1 Å². The molecule has 19 heavy (non-hydrogen) atoms. The van der Waals surface area contributed by atoms with Crippen molar-refractivity contribution in [1.82, 2.24) is 0 Å². The first kappa shape index (κ1) is 13.4. The monoisotopic (exact) mass is 274 g/mol. The third kappa shape index (κ3) is 3.24. The van der Waals surface area contributed by atoms with Gasteiger partial charge in [-0.1, -0.05) is 23.7 Å². The summed E-state index contributed by atoms with van der Waals surface area (Å²) >= 11 is 6.09. The predicted octanol–water partition coefficient (Wildman–Crippen LogP) is 4.52. The number of nitrogens with one attached hydrogen (secondary N) is 1. The van der Waals surface area contributed by atoms with E-state index >= 15 is 0 Å². The smallest absolute Gasteiger partial charge is 0.123 e. The Hall–Kier alpha value is -2.05. The molecule has 2 aromatic carbocycles. The van der Waals surface area contributed by atoms with Crippen molar-refractivity contribution in [3.8, 4) is 6.07 Å². The second-order valence-corrected chi connectivity index (χ2v) is 4.63. The van der Waals surface area contributed by atoms with Crippen molar-refractivity contribution in [3.63, 3.8) is 0 Å².